The molecule has 1 aliphatic rings. The van der Waals surface area contributed by atoms with Gasteiger partial charge in [-0.05, 0) is 56.2 Å². The van der Waals surface area contributed by atoms with Gasteiger partial charge in [0.15, 0.2) is 10.9 Å². The standard InChI is InChI=1S/C21H32N2OS/c1-17(24)18-13-15-20(16-14-18)23-21(25)22-19-11-9-7-5-3-2-4-6-8-10-12-19/h13-16,19H,2-12H2,1H3,(H2,22,23,25). The lowest BCUT2D eigenvalue weighted by Crippen LogP contribution is -2.37. The Labute approximate surface area is 158 Å². The van der Waals surface area contributed by atoms with Crippen LogP contribution in [0.4, 0.5) is 5.69 Å². The van der Waals surface area contributed by atoms with Crippen LogP contribution in [0.5, 0.6) is 0 Å². The molecule has 25 heavy (non-hydrogen) atoms. The molecule has 3 nitrogen and oxygen atoms in total. The second-order valence-electron chi connectivity index (χ2n) is 7.19. The molecule has 1 fully saturated rings. The quantitative estimate of drug-likeness (QED) is 0.524. The summed E-state index contributed by atoms with van der Waals surface area (Å²) in [6.45, 7) is 1.58. The van der Waals surface area contributed by atoms with Crippen molar-refractivity contribution in [2.45, 2.75) is 83.6 Å². The van der Waals surface area contributed by atoms with E-state index in [0.29, 0.717) is 11.2 Å². The van der Waals surface area contributed by atoms with Crippen molar-refractivity contribution in [3.8, 4) is 0 Å². The summed E-state index contributed by atoms with van der Waals surface area (Å²) in [5.74, 6) is 0.0838. The van der Waals surface area contributed by atoms with Crippen LogP contribution in [0.15, 0.2) is 24.3 Å². The molecule has 2 rings (SSSR count). The van der Waals surface area contributed by atoms with E-state index in [0.717, 1.165) is 11.3 Å². The van der Waals surface area contributed by atoms with E-state index in [9.17, 15) is 4.79 Å². The summed E-state index contributed by atoms with van der Waals surface area (Å²) in [5.41, 5.74) is 1.65. The molecule has 0 radical (unpaired) electrons. The van der Waals surface area contributed by atoms with Crippen LogP contribution in [0.1, 0.15) is 87.9 Å². The monoisotopic (exact) mass is 360 g/mol. The molecule has 0 aromatic heterocycles. The zero-order valence-electron chi connectivity index (χ0n) is 15.5. The number of Topliss-reactive ketones (excluding diaryl/α,β-unsaturated/α-hetero) is 1. The Kier molecular flexibility index (Phi) is 8.95. The average molecular weight is 361 g/mol. The number of ketones is 1. The summed E-state index contributed by atoms with van der Waals surface area (Å²) < 4.78 is 0. The first-order valence-corrected chi connectivity index (χ1v) is 10.2. The molecule has 1 aromatic rings. The van der Waals surface area contributed by atoms with Gasteiger partial charge >= 0.3 is 0 Å². The van der Waals surface area contributed by atoms with Crippen LogP contribution in [-0.4, -0.2) is 16.9 Å². The number of carbonyl (C=O) groups is 1. The minimum Gasteiger partial charge on any atom is -0.360 e. The van der Waals surface area contributed by atoms with E-state index >= 15 is 0 Å². The predicted molar refractivity (Wildman–Crippen MR) is 110 cm³/mol. The summed E-state index contributed by atoms with van der Waals surface area (Å²) >= 11 is 5.50. The van der Waals surface area contributed by atoms with E-state index < -0.39 is 0 Å². The number of hydrogen-bond donors (Lipinski definition) is 2. The molecule has 0 unspecified atom stereocenters. The highest BCUT2D eigenvalue weighted by molar-refractivity contribution is 7.80. The number of thiocarbonyl (C=S) groups is 1. The maximum Gasteiger partial charge on any atom is 0.170 e. The highest BCUT2D eigenvalue weighted by atomic mass is 32.1. The normalized spacial score (nSPS) is 17.8. The van der Waals surface area contributed by atoms with Gasteiger partial charge in [0, 0.05) is 17.3 Å². The molecule has 0 bridgehead atoms. The number of hydrogen-bond acceptors (Lipinski definition) is 2. The average Bonchev–Trinajstić information content (AvgIpc) is 2.57. The van der Waals surface area contributed by atoms with Crippen LogP contribution in [0, 0.1) is 0 Å². The van der Waals surface area contributed by atoms with Crippen molar-refractivity contribution in [1.29, 1.82) is 0 Å². The maximum atomic E-state index is 11.3. The van der Waals surface area contributed by atoms with E-state index in [4.69, 9.17) is 12.2 Å². The zero-order valence-corrected chi connectivity index (χ0v) is 16.3. The number of benzene rings is 1. The Balaban J connectivity index is 1.82. The molecule has 0 spiro atoms. The second-order valence-corrected chi connectivity index (χ2v) is 7.60. The Morgan fingerprint density at radius 2 is 1.36 bits per heavy atom. The van der Waals surface area contributed by atoms with Crippen molar-refractivity contribution in [3.63, 3.8) is 0 Å². The van der Waals surface area contributed by atoms with Crippen LogP contribution in [0.3, 0.4) is 0 Å². The van der Waals surface area contributed by atoms with Gasteiger partial charge in [0.25, 0.3) is 0 Å². The van der Waals surface area contributed by atoms with E-state index in [1.807, 2.05) is 24.3 Å². The molecular formula is C21H32N2OS. The molecule has 0 saturated heterocycles. The van der Waals surface area contributed by atoms with Gasteiger partial charge in [0.1, 0.15) is 0 Å². The number of rotatable bonds is 3. The van der Waals surface area contributed by atoms with Gasteiger partial charge in [-0.15, -0.1) is 0 Å². The third-order valence-corrected chi connectivity index (χ3v) is 5.21. The highest BCUT2D eigenvalue weighted by Gasteiger charge is 2.11. The van der Waals surface area contributed by atoms with Gasteiger partial charge in [-0.2, -0.15) is 0 Å². The fraction of sp³-hybridized carbons (Fsp3) is 0.619. The summed E-state index contributed by atoms with van der Waals surface area (Å²) in [6, 6.07) is 7.96. The Hall–Kier alpha value is -1.42. The minimum atomic E-state index is 0.0838. The van der Waals surface area contributed by atoms with Gasteiger partial charge in [0.2, 0.25) is 0 Å². The largest absolute Gasteiger partial charge is 0.360 e. The minimum absolute atomic E-state index is 0.0838. The first-order chi connectivity index (χ1) is 12.1. The zero-order chi connectivity index (χ0) is 17.9. The van der Waals surface area contributed by atoms with Gasteiger partial charge in [-0.1, -0.05) is 57.8 Å². The summed E-state index contributed by atoms with van der Waals surface area (Å²) in [5, 5.41) is 7.45. The summed E-state index contributed by atoms with van der Waals surface area (Å²) in [4.78, 5) is 11.3. The van der Waals surface area contributed by atoms with E-state index in [1.54, 1.807) is 6.92 Å². The van der Waals surface area contributed by atoms with Crippen LogP contribution in [0.2, 0.25) is 0 Å². The fourth-order valence-corrected chi connectivity index (χ4v) is 3.73. The van der Waals surface area contributed by atoms with E-state index in [2.05, 4.69) is 10.6 Å². The molecule has 1 aromatic carbocycles. The molecule has 4 heteroatoms. The highest BCUT2D eigenvalue weighted by Crippen LogP contribution is 2.17. The third-order valence-electron chi connectivity index (χ3n) is 4.99. The van der Waals surface area contributed by atoms with Crippen LogP contribution < -0.4 is 10.6 Å². The van der Waals surface area contributed by atoms with Crippen molar-refractivity contribution in [2.75, 3.05) is 5.32 Å². The predicted octanol–water partition coefficient (Wildman–Crippen LogP) is 5.85. The van der Waals surface area contributed by atoms with Crippen molar-refractivity contribution in [1.82, 2.24) is 5.32 Å². The van der Waals surface area contributed by atoms with E-state index in [1.165, 1.54) is 70.6 Å². The van der Waals surface area contributed by atoms with Gasteiger partial charge < -0.3 is 10.6 Å². The number of carbonyl (C=O) groups excluding carboxylic acids is 1. The molecule has 1 saturated carbocycles. The lowest BCUT2D eigenvalue weighted by Gasteiger charge is -2.21. The first-order valence-electron chi connectivity index (χ1n) is 9.83. The van der Waals surface area contributed by atoms with Gasteiger partial charge in [0.05, 0.1) is 0 Å². The van der Waals surface area contributed by atoms with Crippen molar-refractivity contribution in [2.24, 2.45) is 0 Å². The molecule has 138 valence electrons. The smallest absolute Gasteiger partial charge is 0.170 e. The SMILES string of the molecule is CC(=O)c1ccc(NC(=S)NC2CCCCCCCCCCC2)cc1. The van der Waals surface area contributed by atoms with Crippen LogP contribution in [0.25, 0.3) is 0 Å². The maximum absolute atomic E-state index is 11.3. The van der Waals surface area contributed by atoms with Crippen molar-refractivity contribution >= 4 is 28.8 Å². The Morgan fingerprint density at radius 1 is 0.880 bits per heavy atom. The molecule has 0 aliphatic heterocycles. The lowest BCUT2D eigenvalue weighted by molar-refractivity contribution is 0.101. The van der Waals surface area contributed by atoms with E-state index in [-0.39, 0.29) is 5.78 Å². The third kappa shape index (κ3) is 8.00. The first kappa shape index (κ1) is 19.9. The van der Waals surface area contributed by atoms with Gasteiger partial charge in [-0.3, -0.25) is 4.79 Å². The van der Waals surface area contributed by atoms with Crippen LogP contribution >= 0.6 is 12.2 Å². The van der Waals surface area contributed by atoms with Crippen LogP contribution in [-0.2, 0) is 0 Å². The Morgan fingerprint density at radius 3 is 1.84 bits per heavy atom. The molecular weight excluding hydrogens is 328 g/mol. The second kappa shape index (κ2) is 11.2. The molecule has 2 N–H and O–H groups in total. The lowest BCUT2D eigenvalue weighted by atomic mass is 9.98. The fourth-order valence-electron chi connectivity index (χ4n) is 3.45. The molecule has 0 heterocycles. The topological polar surface area (TPSA) is 41.1 Å². The molecule has 0 amide bonds. The number of anilines is 1. The summed E-state index contributed by atoms with van der Waals surface area (Å²) in [6.07, 6.45) is 14.6. The molecule has 1 aliphatic carbocycles. The number of nitrogens with one attached hydrogen (secondary N) is 2. The van der Waals surface area contributed by atoms with Gasteiger partial charge in [-0.25, -0.2) is 0 Å². The Bertz CT molecular complexity index is 529. The van der Waals surface area contributed by atoms with Crippen molar-refractivity contribution in [3.05, 3.63) is 29.8 Å². The van der Waals surface area contributed by atoms with Crippen molar-refractivity contribution < 1.29 is 4.79 Å². The summed E-state index contributed by atoms with van der Waals surface area (Å²) in [7, 11) is 0. The molecule has 0 atom stereocenters.